The molecule has 5 nitrogen and oxygen atoms in total. The number of ether oxygens (including phenoxy) is 2. The molecule has 8 heteroatoms. The Balaban J connectivity index is 3.13. The number of hydrogen-bond acceptors (Lipinski definition) is 5. The van der Waals surface area contributed by atoms with Crippen molar-refractivity contribution in [2.24, 2.45) is 0 Å². The minimum Gasteiger partial charge on any atom is -0.481 e. The minimum atomic E-state index is -4.80. The Kier molecular flexibility index (Phi) is 3.53. The molecule has 16 heavy (non-hydrogen) atoms. The van der Waals surface area contributed by atoms with Crippen molar-refractivity contribution < 1.29 is 27.8 Å². The van der Waals surface area contributed by atoms with Gasteiger partial charge in [0.15, 0.2) is 6.10 Å². The average molecular weight is 238 g/mol. The topological polar surface area (TPSA) is 64.5 Å². The van der Waals surface area contributed by atoms with Crippen molar-refractivity contribution in [2.75, 3.05) is 14.2 Å². The lowest BCUT2D eigenvalue weighted by molar-refractivity contribution is -0.208. The van der Waals surface area contributed by atoms with Gasteiger partial charge in [-0.05, 0) is 0 Å². The molecule has 0 spiro atoms. The van der Waals surface area contributed by atoms with Gasteiger partial charge < -0.3 is 14.6 Å². The number of halogens is 3. The van der Waals surface area contributed by atoms with Gasteiger partial charge in [-0.3, -0.25) is 0 Å². The standard InChI is InChI=1S/C8H9F3N2O3/c1-15-5-3-4(6(14)8(9,10)11)12-7(13-5)16-2/h3,6,14H,1-2H3/t6-/m0/s1. The molecule has 0 saturated heterocycles. The molecule has 0 amide bonds. The van der Waals surface area contributed by atoms with Gasteiger partial charge in [-0.1, -0.05) is 0 Å². The molecular formula is C8H9F3N2O3. The van der Waals surface area contributed by atoms with Crippen molar-refractivity contribution in [1.82, 2.24) is 9.97 Å². The summed E-state index contributed by atoms with van der Waals surface area (Å²) in [6, 6.07) is 0.582. The first-order chi connectivity index (χ1) is 7.38. The quantitative estimate of drug-likeness (QED) is 0.853. The van der Waals surface area contributed by atoms with E-state index in [1.165, 1.54) is 14.2 Å². The zero-order chi connectivity index (χ0) is 12.3. The van der Waals surface area contributed by atoms with Gasteiger partial charge in [0.1, 0.15) is 0 Å². The Bertz CT molecular complexity index is 348. The fourth-order valence-corrected chi connectivity index (χ4v) is 0.924. The number of aromatic nitrogens is 2. The second-order valence-corrected chi connectivity index (χ2v) is 2.77. The van der Waals surface area contributed by atoms with Crippen LogP contribution in [0.2, 0.25) is 0 Å². The predicted molar refractivity (Wildman–Crippen MR) is 46.2 cm³/mol. The average Bonchev–Trinajstić information content (AvgIpc) is 2.26. The lowest BCUT2D eigenvalue weighted by Gasteiger charge is -2.14. The molecule has 0 radical (unpaired) electrons. The van der Waals surface area contributed by atoms with Gasteiger partial charge in [-0.25, -0.2) is 0 Å². The number of hydrogen-bond donors (Lipinski definition) is 1. The van der Waals surface area contributed by atoms with Crippen LogP contribution in [-0.2, 0) is 0 Å². The highest BCUT2D eigenvalue weighted by molar-refractivity contribution is 5.21. The molecule has 1 aromatic rings. The summed E-state index contributed by atoms with van der Waals surface area (Å²) in [4.78, 5) is 6.98. The van der Waals surface area contributed by atoms with Gasteiger partial charge in [-0.2, -0.15) is 23.1 Å². The molecular weight excluding hydrogens is 229 g/mol. The number of aliphatic hydroxyl groups is 1. The van der Waals surface area contributed by atoms with E-state index in [-0.39, 0.29) is 11.9 Å². The molecule has 0 aliphatic carbocycles. The van der Waals surface area contributed by atoms with Crippen molar-refractivity contribution in [3.63, 3.8) is 0 Å². The maximum absolute atomic E-state index is 12.2. The first kappa shape index (κ1) is 12.5. The van der Waals surface area contributed by atoms with Crippen LogP contribution in [0, 0.1) is 0 Å². The normalized spacial score (nSPS) is 13.4. The molecule has 0 fully saturated rings. The summed E-state index contributed by atoms with van der Waals surface area (Å²) in [7, 11) is 2.42. The molecule has 0 unspecified atom stereocenters. The summed E-state index contributed by atoms with van der Waals surface area (Å²) in [6.07, 6.45) is -7.50. The first-order valence-corrected chi connectivity index (χ1v) is 4.10. The van der Waals surface area contributed by atoms with Crippen LogP contribution in [0.1, 0.15) is 11.8 Å². The second kappa shape index (κ2) is 4.52. The molecule has 0 aromatic carbocycles. The maximum atomic E-state index is 12.2. The van der Waals surface area contributed by atoms with Crippen molar-refractivity contribution in [3.05, 3.63) is 11.8 Å². The Morgan fingerprint density at radius 3 is 2.31 bits per heavy atom. The van der Waals surface area contributed by atoms with Crippen LogP contribution in [0.4, 0.5) is 13.2 Å². The summed E-state index contributed by atoms with van der Waals surface area (Å²) in [5.74, 6) is -0.120. The van der Waals surface area contributed by atoms with E-state index in [0.29, 0.717) is 0 Å². The lowest BCUT2D eigenvalue weighted by Crippen LogP contribution is -2.21. The summed E-state index contributed by atoms with van der Waals surface area (Å²) in [6.45, 7) is 0. The van der Waals surface area contributed by atoms with Crippen LogP contribution >= 0.6 is 0 Å². The van der Waals surface area contributed by atoms with Gasteiger partial charge in [0.05, 0.1) is 19.9 Å². The number of nitrogens with zero attached hydrogens (tertiary/aromatic N) is 2. The molecule has 90 valence electrons. The highest BCUT2D eigenvalue weighted by atomic mass is 19.4. The molecule has 0 saturated carbocycles. The van der Waals surface area contributed by atoms with E-state index in [0.717, 1.165) is 6.07 Å². The van der Waals surface area contributed by atoms with Crippen LogP contribution in [0.25, 0.3) is 0 Å². The van der Waals surface area contributed by atoms with Crippen LogP contribution in [0.15, 0.2) is 6.07 Å². The van der Waals surface area contributed by atoms with E-state index < -0.39 is 18.0 Å². The SMILES string of the molecule is COc1cc([C@H](O)C(F)(F)F)nc(OC)n1. The van der Waals surface area contributed by atoms with Gasteiger partial charge >= 0.3 is 12.2 Å². The fourth-order valence-electron chi connectivity index (χ4n) is 0.924. The molecule has 0 aliphatic rings. The third-order valence-electron chi connectivity index (χ3n) is 1.68. The molecule has 1 aromatic heterocycles. The Morgan fingerprint density at radius 2 is 1.88 bits per heavy atom. The van der Waals surface area contributed by atoms with E-state index in [9.17, 15) is 13.2 Å². The summed E-state index contributed by atoms with van der Waals surface area (Å²) in [5, 5.41) is 8.97. The van der Waals surface area contributed by atoms with Crippen molar-refractivity contribution in [1.29, 1.82) is 0 Å². The number of rotatable bonds is 3. The predicted octanol–water partition coefficient (Wildman–Crippen LogP) is 1.09. The molecule has 1 N–H and O–H groups in total. The zero-order valence-corrected chi connectivity index (χ0v) is 8.45. The lowest BCUT2D eigenvalue weighted by atomic mass is 10.2. The van der Waals surface area contributed by atoms with Crippen molar-refractivity contribution in [2.45, 2.75) is 12.3 Å². The molecule has 0 bridgehead atoms. The van der Waals surface area contributed by atoms with Crippen molar-refractivity contribution in [3.8, 4) is 11.9 Å². The number of alkyl halides is 3. The zero-order valence-electron chi connectivity index (χ0n) is 8.45. The fraction of sp³-hybridized carbons (Fsp3) is 0.500. The summed E-state index contributed by atoms with van der Waals surface area (Å²) in [5.41, 5.74) is -0.629. The van der Waals surface area contributed by atoms with Gasteiger partial charge in [0, 0.05) is 6.07 Å². The summed E-state index contributed by atoms with van der Waals surface area (Å²) >= 11 is 0. The number of aliphatic hydroxyl groups excluding tert-OH is 1. The van der Waals surface area contributed by atoms with E-state index in [1.807, 2.05) is 0 Å². The van der Waals surface area contributed by atoms with E-state index in [2.05, 4.69) is 19.4 Å². The van der Waals surface area contributed by atoms with Crippen LogP contribution < -0.4 is 9.47 Å². The highest BCUT2D eigenvalue weighted by Gasteiger charge is 2.41. The maximum Gasteiger partial charge on any atom is 0.420 e. The number of methoxy groups -OCH3 is 2. The first-order valence-electron chi connectivity index (χ1n) is 4.10. The van der Waals surface area contributed by atoms with Crippen LogP contribution in [-0.4, -0.2) is 35.5 Å². The third-order valence-corrected chi connectivity index (χ3v) is 1.68. The van der Waals surface area contributed by atoms with Crippen molar-refractivity contribution >= 4 is 0 Å². The molecule has 1 atom stereocenters. The van der Waals surface area contributed by atoms with E-state index in [1.54, 1.807) is 0 Å². The van der Waals surface area contributed by atoms with Crippen LogP contribution in [0.5, 0.6) is 11.9 Å². The second-order valence-electron chi connectivity index (χ2n) is 2.77. The van der Waals surface area contributed by atoms with Gasteiger partial charge in [0.25, 0.3) is 0 Å². The molecule has 1 heterocycles. The molecule has 1 rings (SSSR count). The van der Waals surface area contributed by atoms with Crippen LogP contribution in [0.3, 0.4) is 0 Å². The highest BCUT2D eigenvalue weighted by Crippen LogP contribution is 2.32. The van der Waals surface area contributed by atoms with E-state index >= 15 is 0 Å². The summed E-state index contributed by atoms with van der Waals surface area (Å²) < 4.78 is 45.9. The smallest absolute Gasteiger partial charge is 0.420 e. The largest absolute Gasteiger partial charge is 0.481 e. The van der Waals surface area contributed by atoms with E-state index in [4.69, 9.17) is 5.11 Å². The Morgan fingerprint density at radius 1 is 1.25 bits per heavy atom. The Hall–Kier alpha value is -1.57. The van der Waals surface area contributed by atoms with Gasteiger partial charge in [-0.15, -0.1) is 0 Å². The molecule has 0 aliphatic heterocycles. The third kappa shape index (κ3) is 2.72. The monoisotopic (exact) mass is 238 g/mol. The Labute approximate surface area is 88.8 Å². The van der Waals surface area contributed by atoms with Gasteiger partial charge in [0.2, 0.25) is 5.88 Å². The minimum absolute atomic E-state index is 0.120.